The molecule has 0 heterocycles. The van der Waals surface area contributed by atoms with Crippen LogP contribution in [0.2, 0.25) is 0 Å². The van der Waals surface area contributed by atoms with E-state index in [1.165, 1.54) is 92.4 Å². The molecule has 0 saturated carbocycles. The van der Waals surface area contributed by atoms with Gasteiger partial charge >= 0.3 is 0 Å². The molecule has 208 valence electrons. The number of hydrogen-bond donors (Lipinski definition) is 0. The molecule has 0 spiro atoms. The summed E-state index contributed by atoms with van der Waals surface area (Å²) in [5.74, 6) is 0. The molecule has 0 aliphatic heterocycles. The van der Waals surface area contributed by atoms with Crippen molar-refractivity contribution in [3.8, 4) is 22.3 Å². The molecule has 2 aliphatic rings. The van der Waals surface area contributed by atoms with Gasteiger partial charge in [0, 0.05) is 5.41 Å². The Hall–Kier alpha value is -3.64. The van der Waals surface area contributed by atoms with E-state index in [1.807, 2.05) is 0 Å². The molecule has 6 rings (SSSR count). The third-order valence-corrected chi connectivity index (χ3v) is 9.44. The lowest BCUT2D eigenvalue weighted by Crippen LogP contribution is -2.26. The van der Waals surface area contributed by atoms with Crippen LogP contribution < -0.4 is 0 Å². The van der Waals surface area contributed by atoms with Crippen molar-refractivity contribution in [2.24, 2.45) is 5.41 Å². The smallest absolute Gasteiger partial charge is 0.0134 e. The molecular weight excluding hydrogens is 492 g/mol. The third kappa shape index (κ3) is 5.03. The van der Waals surface area contributed by atoms with Crippen LogP contribution in [0.5, 0.6) is 0 Å². The quantitative estimate of drug-likeness (QED) is 0.210. The Bertz CT molecular complexity index is 1520. The molecule has 0 atom stereocenters. The van der Waals surface area contributed by atoms with E-state index in [4.69, 9.17) is 0 Å². The first-order valence-electron chi connectivity index (χ1n) is 15.6. The first kappa shape index (κ1) is 27.5. The van der Waals surface area contributed by atoms with Crippen LogP contribution in [0.25, 0.3) is 34.4 Å². The molecule has 0 fully saturated rings. The Labute approximate surface area is 247 Å². The molecule has 4 aromatic rings. The highest BCUT2D eigenvalue weighted by Crippen LogP contribution is 2.53. The van der Waals surface area contributed by atoms with Gasteiger partial charge in [-0.1, -0.05) is 145 Å². The number of fused-ring (bicyclic) bond motifs is 2. The molecule has 2 aliphatic carbocycles. The van der Waals surface area contributed by atoms with E-state index in [0.717, 1.165) is 12.8 Å². The molecule has 0 heteroatoms. The van der Waals surface area contributed by atoms with E-state index in [1.54, 1.807) is 11.1 Å². The summed E-state index contributed by atoms with van der Waals surface area (Å²) in [5.41, 5.74) is 20.0. The van der Waals surface area contributed by atoms with Crippen molar-refractivity contribution in [2.45, 2.75) is 80.1 Å². The predicted octanol–water partition coefficient (Wildman–Crippen LogP) is 11.4. The number of aryl methyl sites for hydroxylation is 4. The summed E-state index contributed by atoms with van der Waals surface area (Å²) in [7, 11) is 0. The van der Waals surface area contributed by atoms with Crippen molar-refractivity contribution in [2.75, 3.05) is 0 Å². The van der Waals surface area contributed by atoms with Crippen molar-refractivity contribution in [1.82, 2.24) is 0 Å². The van der Waals surface area contributed by atoms with E-state index in [0.29, 0.717) is 0 Å². The van der Waals surface area contributed by atoms with E-state index < -0.39 is 0 Å². The molecule has 0 radical (unpaired) electrons. The third-order valence-electron chi connectivity index (χ3n) is 9.44. The van der Waals surface area contributed by atoms with E-state index in [2.05, 4.69) is 126 Å². The molecule has 0 aromatic heterocycles. The minimum absolute atomic E-state index is 0.0983. The summed E-state index contributed by atoms with van der Waals surface area (Å²) in [5, 5.41) is 0. The van der Waals surface area contributed by atoms with Crippen molar-refractivity contribution in [1.29, 1.82) is 0 Å². The highest BCUT2D eigenvalue weighted by molar-refractivity contribution is 5.85. The minimum atomic E-state index is 0.0983. The second kappa shape index (κ2) is 11.0. The lowest BCUT2D eigenvalue weighted by Gasteiger charge is -2.37. The van der Waals surface area contributed by atoms with Gasteiger partial charge < -0.3 is 0 Å². The van der Waals surface area contributed by atoms with Gasteiger partial charge in [0.1, 0.15) is 0 Å². The molecule has 0 saturated heterocycles. The van der Waals surface area contributed by atoms with Crippen LogP contribution in [0.3, 0.4) is 0 Å². The molecule has 0 nitrogen and oxygen atoms in total. The van der Waals surface area contributed by atoms with Crippen molar-refractivity contribution in [3.05, 3.63) is 128 Å². The fourth-order valence-corrected chi connectivity index (χ4v) is 7.94. The van der Waals surface area contributed by atoms with Gasteiger partial charge in [-0.15, -0.1) is 0 Å². The number of rotatable bonds is 8. The summed E-state index contributed by atoms with van der Waals surface area (Å²) in [6.45, 7) is 13.6. The summed E-state index contributed by atoms with van der Waals surface area (Å²) < 4.78 is 0. The Kier molecular flexibility index (Phi) is 7.37. The molecule has 41 heavy (non-hydrogen) atoms. The first-order chi connectivity index (χ1) is 19.8. The van der Waals surface area contributed by atoms with Gasteiger partial charge in [-0.3, -0.25) is 0 Å². The number of allylic oxidation sites excluding steroid dienone is 2. The maximum Gasteiger partial charge on any atom is 0.0134 e. The Balaban J connectivity index is 1.47. The first-order valence-corrected chi connectivity index (χ1v) is 15.6. The number of hydrogen-bond acceptors (Lipinski definition) is 0. The summed E-state index contributed by atoms with van der Waals surface area (Å²) in [4.78, 5) is 0. The van der Waals surface area contributed by atoms with Crippen LogP contribution >= 0.6 is 0 Å². The molecule has 0 unspecified atom stereocenters. The monoisotopic (exact) mass is 536 g/mol. The maximum absolute atomic E-state index is 2.60. The molecule has 0 amide bonds. The normalized spacial score (nSPS) is 14.1. The molecule has 0 N–H and O–H groups in total. The van der Waals surface area contributed by atoms with E-state index in [9.17, 15) is 0 Å². The van der Waals surface area contributed by atoms with Gasteiger partial charge in [-0.25, -0.2) is 0 Å². The van der Waals surface area contributed by atoms with E-state index >= 15 is 0 Å². The average Bonchev–Trinajstić information content (AvgIpc) is 3.57. The van der Waals surface area contributed by atoms with Crippen LogP contribution in [0.15, 0.2) is 83.9 Å². The van der Waals surface area contributed by atoms with Gasteiger partial charge in [0.05, 0.1) is 0 Å². The minimum Gasteiger partial charge on any atom is -0.0653 e. The lowest BCUT2D eigenvalue weighted by atomic mass is 9.66. The zero-order valence-electron chi connectivity index (χ0n) is 25.8. The zero-order chi connectivity index (χ0) is 28.7. The van der Waals surface area contributed by atoms with Crippen LogP contribution in [-0.4, -0.2) is 0 Å². The SMILES string of the molecule is CCCC(CCC)(C1=Cc2c(cccc2-c2cc(C)cc(C)c2)C1)C1=Cc2c(cccc2-c2cc(C)cc(C)c2)C1. The second-order valence-electron chi connectivity index (χ2n) is 12.8. The van der Waals surface area contributed by atoms with Gasteiger partial charge in [0.2, 0.25) is 0 Å². The molecular formula is C41H44. The van der Waals surface area contributed by atoms with Gasteiger partial charge in [-0.2, -0.15) is 0 Å². The maximum atomic E-state index is 2.60. The van der Waals surface area contributed by atoms with Crippen LogP contribution in [0, 0.1) is 33.1 Å². The largest absolute Gasteiger partial charge is 0.0653 e. The Morgan fingerprint density at radius 3 is 1.29 bits per heavy atom. The Morgan fingerprint density at radius 2 is 0.927 bits per heavy atom. The predicted molar refractivity (Wildman–Crippen MR) is 178 cm³/mol. The lowest BCUT2D eigenvalue weighted by molar-refractivity contribution is 0.349. The van der Waals surface area contributed by atoms with Crippen molar-refractivity contribution in [3.63, 3.8) is 0 Å². The topological polar surface area (TPSA) is 0 Å². The average molecular weight is 537 g/mol. The zero-order valence-corrected chi connectivity index (χ0v) is 25.8. The number of benzene rings is 4. The van der Waals surface area contributed by atoms with Crippen molar-refractivity contribution >= 4 is 12.2 Å². The van der Waals surface area contributed by atoms with Crippen LogP contribution in [0.4, 0.5) is 0 Å². The standard InChI is InChI=1S/C41H44/c1-7-15-41(16-8-2,35-23-31-11-9-13-37(39(31)25-35)33-19-27(3)17-28(4)20-33)36-24-32-12-10-14-38(40(32)26-36)34-21-29(5)18-30(6)22-34/h9-14,17-22,25-26H,7-8,15-16,23-24H2,1-6H3. The second-order valence-corrected chi connectivity index (χ2v) is 12.8. The van der Waals surface area contributed by atoms with Crippen LogP contribution in [0.1, 0.15) is 84.0 Å². The summed E-state index contributed by atoms with van der Waals surface area (Å²) >= 11 is 0. The van der Waals surface area contributed by atoms with Gasteiger partial charge in [0.15, 0.2) is 0 Å². The summed E-state index contributed by atoms with van der Waals surface area (Å²) in [6.07, 6.45) is 12.1. The van der Waals surface area contributed by atoms with Crippen molar-refractivity contribution < 1.29 is 0 Å². The summed E-state index contributed by atoms with van der Waals surface area (Å²) in [6, 6.07) is 27.9. The fraction of sp³-hybridized carbons (Fsp3) is 0.317. The van der Waals surface area contributed by atoms with Gasteiger partial charge in [-0.05, 0) is 97.9 Å². The highest BCUT2D eigenvalue weighted by atomic mass is 14.4. The van der Waals surface area contributed by atoms with E-state index in [-0.39, 0.29) is 5.41 Å². The van der Waals surface area contributed by atoms with Gasteiger partial charge in [0.25, 0.3) is 0 Å². The fourth-order valence-electron chi connectivity index (χ4n) is 7.94. The molecule has 4 aromatic carbocycles. The van der Waals surface area contributed by atoms with Crippen LogP contribution in [-0.2, 0) is 12.8 Å². The molecule has 0 bridgehead atoms. The Morgan fingerprint density at radius 1 is 0.537 bits per heavy atom. The highest BCUT2D eigenvalue weighted by Gasteiger charge is 2.40.